The maximum atomic E-state index is 13.3. The van der Waals surface area contributed by atoms with Crippen molar-refractivity contribution in [1.29, 1.82) is 0 Å². The molecule has 6 nitrogen and oxygen atoms in total. The van der Waals surface area contributed by atoms with Crippen LogP contribution in [0.1, 0.15) is 43.1 Å². The lowest BCUT2D eigenvalue weighted by Gasteiger charge is -2.50. The molecule has 2 saturated heterocycles. The van der Waals surface area contributed by atoms with Crippen LogP contribution in [-0.4, -0.2) is 44.3 Å². The Morgan fingerprint density at radius 2 is 1.93 bits per heavy atom. The smallest absolute Gasteiger partial charge is 0.308 e. The molecule has 2 heterocycles. The van der Waals surface area contributed by atoms with Crippen molar-refractivity contribution in [1.82, 2.24) is 0 Å². The summed E-state index contributed by atoms with van der Waals surface area (Å²) in [6.07, 6.45) is -0.460. The van der Waals surface area contributed by atoms with Gasteiger partial charge in [0.15, 0.2) is 5.78 Å². The number of benzene rings is 1. The fourth-order valence-corrected chi connectivity index (χ4v) is 4.40. The zero-order valence-electron chi connectivity index (χ0n) is 16.0. The zero-order valence-corrected chi connectivity index (χ0v) is 16.0. The minimum Gasteiger partial charge on any atom is -0.466 e. The predicted molar refractivity (Wildman–Crippen MR) is 96.1 cm³/mol. The third-order valence-electron chi connectivity index (χ3n) is 5.71. The van der Waals surface area contributed by atoms with Crippen LogP contribution in [0.4, 0.5) is 0 Å². The molecule has 0 amide bonds. The lowest BCUT2D eigenvalue weighted by molar-refractivity contribution is -0.336. The first-order valence-electron chi connectivity index (χ1n) is 9.57. The maximum absolute atomic E-state index is 13.3. The van der Waals surface area contributed by atoms with Gasteiger partial charge in [0.2, 0.25) is 5.79 Å². The highest BCUT2D eigenvalue weighted by molar-refractivity contribution is 6.01. The number of Topliss-reactive ketones (excluding diaryl/α,β-unsaturated/α-hetero) is 1. The number of ether oxygens (including phenoxy) is 4. The van der Waals surface area contributed by atoms with Crippen LogP contribution in [0.15, 0.2) is 24.3 Å². The summed E-state index contributed by atoms with van der Waals surface area (Å²) in [5.74, 6) is -2.13. The Kier molecular flexibility index (Phi) is 4.61. The van der Waals surface area contributed by atoms with Crippen LogP contribution in [0.5, 0.6) is 0 Å². The number of esters is 1. The molecule has 0 radical (unpaired) electrons. The first-order valence-corrected chi connectivity index (χ1v) is 9.57. The van der Waals surface area contributed by atoms with Gasteiger partial charge in [0.25, 0.3) is 0 Å². The van der Waals surface area contributed by atoms with E-state index < -0.39 is 17.8 Å². The molecular weight excluding hydrogens is 348 g/mol. The van der Waals surface area contributed by atoms with Crippen molar-refractivity contribution in [2.45, 2.75) is 39.1 Å². The summed E-state index contributed by atoms with van der Waals surface area (Å²) in [6, 6.07) is 7.45. The minimum atomic E-state index is -1.01. The Morgan fingerprint density at radius 1 is 1.22 bits per heavy atom. The standard InChI is InChI=1S/C21H26O6/c1-4-24-17(22)9-16-18-15(10-25-16)21(26-11-20(2,3)12-27-21)14-8-6-5-7-13(14)19(18)23/h5-8,15-16,18H,4,9-12H2,1-3H3/t15-,16+,18-/m1/s1. The Balaban J connectivity index is 1.72. The predicted octanol–water partition coefficient (Wildman–Crippen LogP) is 2.69. The highest BCUT2D eigenvalue weighted by atomic mass is 16.7. The Bertz CT molecular complexity index is 745. The molecule has 1 aromatic carbocycles. The van der Waals surface area contributed by atoms with Gasteiger partial charge in [-0.1, -0.05) is 38.1 Å². The summed E-state index contributed by atoms with van der Waals surface area (Å²) in [7, 11) is 0. The lowest BCUT2D eigenvalue weighted by Crippen LogP contribution is -2.56. The number of hydrogen-bond donors (Lipinski definition) is 0. The summed E-state index contributed by atoms with van der Waals surface area (Å²) < 4.78 is 23.7. The third kappa shape index (κ3) is 3.00. The average molecular weight is 374 g/mol. The third-order valence-corrected chi connectivity index (χ3v) is 5.71. The van der Waals surface area contributed by atoms with Crippen LogP contribution in [0.2, 0.25) is 0 Å². The van der Waals surface area contributed by atoms with Crippen LogP contribution in [0.25, 0.3) is 0 Å². The average Bonchev–Trinajstić information content (AvgIpc) is 3.06. The van der Waals surface area contributed by atoms with E-state index in [0.717, 1.165) is 5.56 Å². The van der Waals surface area contributed by atoms with Crippen LogP contribution < -0.4 is 0 Å². The number of fused-ring (bicyclic) bond motifs is 4. The van der Waals surface area contributed by atoms with Gasteiger partial charge in [-0.15, -0.1) is 0 Å². The van der Waals surface area contributed by atoms with E-state index in [4.69, 9.17) is 18.9 Å². The molecule has 3 aliphatic rings. The molecule has 0 saturated carbocycles. The molecule has 1 spiro atoms. The van der Waals surface area contributed by atoms with E-state index in [1.807, 2.05) is 24.3 Å². The largest absolute Gasteiger partial charge is 0.466 e. The van der Waals surface area contributed by atoms with Crippen molar-refractivity contribution in [3.8, 4) is 0 Å². The maximum Gasteiger partial charge on any atom is 0.308 e. The summed E-state index contributed by atoms with van der Waals surface area (Å²) in [6.45, 7) is 7.62. The van der Waals surface area contributed by atoms with E-state index in [9.17, 15) is 9.59 Å². The highest BCUT2D eigenvalue weighted by Crippen LogP contribution is 2.53. The molecule has 27 heavy (non-hydrogen) atoms. The molecular formula is C21H26O6. The SMILES string of the molecule is CCOC(=O)C[C@@H]1OC[C@@H]2[C@H]1C(=O)c1ccccc1C21OCC(C)(C)CO1. The number of rotatable bonds is 3. The summed E-state index contributed by atoms with van der Waals surface area (Å²) >= 11 is 0. The molecule has 0 bridgehead atoms. The summed E-state index contributed by atoms with van der Waals surface area (Å²) in [5, 5.41) is 0. The summed E-state index contributed by atoms with van der Waals surface area (Å²) in [4.78, 5) is 25.3. The van der Waals surface area contributed by atoms with Gasteiger partial charge in [0.05, 0.1) is 50.8 Å². The molecule has 0 unspecified atom stereocenters. The molecule has 0 N–H and O–H groups in total. The molecule has 0 aromatic heterocycles. The van der Waals surface area contributed by atoms with Gasteiger partial charge in [-0.3, -0.25) is 9.59 Å². The fourth-order valence-electron chi connectivity index (χ4n) is 4.40. The van der Waals surface area contributed by atoms with Crippen molar-refractivity contribution < 1.29 is 28.5 Å². The molecule has 3 atom stereocenters. The van der Waals surface area contributed by atoms with Gasteiger partial charge in [0, 0.05) is 16.5 Å². The van der Waals surface area contributed by atoms with Crippen LogP contribution >= 0.6 is 0 Å². The van der Waals surface area contributed by atoms with Gasteiger partial charge >= 0.3 is 5.97 Å². The molecule has 6 heteroatoms. The number of carbonyl (C=O) groups is 2. The quantitative estimate of drug-likeness (QED) is 0.758. The van der Waals surface area contributed by atoms with Crippen molar-refractivity contribution in [2.75, 3.05) is 26.4 Å². The van der Waals surface area contributed by atoms with Gasteiger partial charge in [-0.25, -0.2) is 0 Å². The van der Waals surface area contributed by atoms with Crippen LogP contribution in [-0.2, 0) is 29.5 Å². The van der Waals surface area contributed by atoms with Crippen molar-refractivity contribution >= 4 is 11.8 Å². The Labute approximate surface area is 159 Å². The zero-order chi connectivity index (χ0) is 19.2. The molecule has 2 fully saturated rings. The number of carbonyl (C=O) groups excluding carboxylic acids is 2. The Hall–Kier alpha value is -1.76. The van der Waals surface area contributed by atoms with E-state index >= 15 is 0 Å². The van der Waals surface area contributed by atoms with Gasteiger partial charge in [-0.05, 0) is 6.92 Å². The molecule has 2 aliphatic heterocycles. The van der Waals surface area contributed by atoms with E-state index in [-0.39, 0.29) is 29.5 Å². The van der Waals surface area contributed by atoms with E-state index in [1.165, 1.54) is 0 Å². The number of hydrogen-bond acceptors (Lipinski definition) is 6. The molecule has 146 valence electrons. The second kappa shape index (κ2) is 6.69. The van der Waals surface area contributed by atoms with E-state index in [1.54, 1.807) is 6.92 Å². The molecule has 4 rings (SSSR count). The van der Waals surface area contributed by atoms with Gasteiger partial charge < -0.3 is 18.9 Å². The van der Waals surface area contributed by atoms with Crippen molar-refractivity contribution in [3.05, 3.63) is 35.4 Å². The van der Waals surface area contributed by atoms with E-state index in [2.05, 4.69) is 13.8 Å². The normalized spacial score (nSPS) is 30.6. The fraction of sp³-hybridized carbons (Fsp3) is 0.619. The summed E-state index contributed by atoms with van der Waals surface area (Å²) in [5.41, 5.74) is 1.27. The topological polar surface area (TPSA) is 71.1 Å². The first-order chi connectivity index (χ1) is 12.9. The first kappa shape index (κ1) is 18.6. The highest BCUT2D eigenvalue weighted by Gasteiger charge is 2.61. The van der Waals surface area contributed by atoms with Crippen molar-refractivity contribution in [2.24, 2.45) is 17.3 Å². The van der Waals surface area contributed by atoms with Crippen molar-refractivity contribution in [3.63, 3.8) is 0 Å². The van der Waals surface area contributed by atoms with Gasteiger partial charge in [-0.2, -0.15) is 0 Å². The molecule has 1 aliphatic carbocycles. The second-order valence-electron chi connectivity index (χ2n) is 8.33. The van der Waals surface area contributed by atoms with Gasteiger partial charge in [0.1, 0.15) is 0 Å². The lowest BCUT2D eigenvalue weighted by atomic mass is 9.69. The minimum absolute atomic E-state index is 0.00921. The second-order valence-corrected chi connectivity index (χ2v) is 8.33. The van der Waals surface area contributed by atoms with Crippen LogP contribution in [0, 0.1) is 17.3 Å². The number of ketones is 1. The monoisotopic (exact) mass is 374 g/mol. The molecule has 1 aromatic rings. The Morgan fingerprint density at radius 3 is 2.63 bits per heavy atom. The van der Waals surface area contributed by atoms with Crippen LogP contribution in [0.3, 0.4) is 0 Å². The van der Waals surface area contributed by atoms with E-state index in [0.29, 0.717) is 32.0 Å².